The molecule has 18 heavy (non-hydrogen) atoms. The van der Waals surface area contributed by atoms with Crippen LogP contribution in [0.25, 0.3) is 0 Å². The zero-order valence-corrected chi connectivity index (χ0v) is 12.6. The fraction of sp³-hybridized carbons (Fsp3) is 1.00. The maximum absolute atomic E-state index is 6.22. The third kappa shape index (κ3) is 2.75. The first kappa shape index (κ1) is 14.3. The maximum atomic E-state index is 6.22. The van der Waals surface area contributed by atoms with Crippen LogP contribution >= 0.6 is 0 Å². The Morgan fingerprint density at radius 2 is 1.78 bits per heavy atom. The van der Waals surface area contributed by atoms with Gasteiger partial charge in [0.1, 0.15) is 0 Å². The second-order valence-electron chi connectivity index (χ2n) is 6.99. The van der Waals surface area contributed by atoms with Gasteiger partial charge in [0.2, 0.25) is 0 Å². The Hall–Kier alpha value is -0.0800. The van der Waals surface area contributed by atoms with Crippen LogP contribution in [0.4, 0.5) is 0 Å². The lowest BCUT2D eigenvalue weighted by molar-refractivity contribution is 0.0980. The molecule has 106 valence electrons. The van der Waals surface area contributed by atoms with E-state index >= 15 is 0 Å². The van der Waals surface area contributed by atoms with Crippen molar-refractivity contribution in [1.29, 1.82) is 0 Å². The monoisotopic (exact) mass is 252 g/mol. The number of nitrogens with two attached hydrogens (primary N) is 1. The average Bonchev–Trinajstić information content (AvgIpc) is 2.62. The fourth-order valence-electron chi connectivity index (χ4n) is 4.04. The highest BCUT2D eigenvalue weighted by molar-refractivity contribution is 4.98. The molecule has 0 aromatic carbocycles. The molecule has 4 atom stereocenters. The number of hydrogen-bond acceptors (Lipinski definition) is 2. The largest absolute Gasteiger partial charge is 0.329 e. The summed E-state index contributed by atoms with van der Waals surface area (Å²) in [5, 5.41) is 0. The summed E-state index contributed by atoms with van der Waals surface area (Å²) in [5.74, 6) is 2.65. The highest BCUT2D eigenvalue weighted by Crippen LogP contribution is 2.39. The topological polar surface area (TPSA) is 29.3 Å². The number of hydrogen-bond donors (Lipinski definition) is 1. The van der Waals surface area contributed by atoms with E-state index in [1.807, 2.05) is 0 Å². The van der Waals surface area contributed by atoms with Crippen LogP contribution in [0.15, 0.2) is 0 Å². The molecule has 0 radical (unpaired) electrons. The minimum Gasteiger partial charge on any atom is -0.329 e. The normalized spacial score (nSPS) is 43.0. The Kier molecular flexibility index (Phi) is 4.71. The molecular formula is C16H32N2. The van der Waals surface area contributed by atoms with Crippen molar-refractivity contribution in [3.05, 3.63) is 0 Å². The molecule has 2 N–H and O–H groups in total. The van der Waals surface area contributed by atoms with Gasteiger partial charge in [0.25, 0.3) is 0 Å². The molecule has 1 saturated heterocycles. The van der Waals surface area contributed by atoms with Crippen molar-refractivity contribution in [3.8, 4) is 0 Å². The van der Waals surface area contributed by atoms with Gasteiger partial charge in [0.05, 0.1) is 0 Å². The highest BCUT2D eigenvalue weighted by Gasteiger charge is 2.41. The molecule has 1 heterocycles. The first-order valence-electron chi connectivity index (χ1n) is 8.06. The van der Waals surface area contributed by atoms with Gasteiger partial charge in [0.15, 0.2) is 0 Å². The minimum atomic E-state index is 0.336. The summed E-state index contributed by atoms with van der Waals surface area (Å²) < 4.78 is 0. The van der Waals surface area contributed by atoms with Crippen LogP contribution in [0.5, 0.6) is 0 Å². The Morgan fingerprint density at radius 3 is 2.33 bits per heavy atom. The van der Waals surface area contributed by atoms with Gasteiger partial charge in [-0.3, -0.25) is 4.90 Å². The van der Waals surface area contributed by atoms with E-state index in [0.717, 1.165) is 24.3 Å². The SMILES string of the molecule is CCC1CCCC(CN)(N2CC(C)C(C)C2)CC1. The molecular weight excluding hydrogens is 220 g/mol. The first-order chi connectivity index (χ1) is 8.61. The van der Waals surface area contributed by atoms with Crippen molar-refractivity contribution >= 4 is 0 Å². The van der Waals surface area contributed by atoms with Gasteiger partial charge in [-0.15, -0.1) is 0 Å². The van der Waals surface area contributed by atoms with Gasteiger partial charge in [0, 0.05) is 25.2 Å². The van der Waals surface area contributed by atoms with Crippen molar-refractivity contribution < 1.29 is 0 Å². The molecule has 0 amide bonds. The van der Waals surface area contributed by atoms with E-state index in [-0.39, 0.29) is 0 Å². The van der Waals surface area contributed by atoms with Crippen LogP contribution in [-0.2, 0) is 0 Å². The molecule has 1 aliphatic carbocycles. The summed E-state index contributed by atoms with van der Waals surface area (Å²) >= 11 is 0. The van der Waals surface area contributed by atoms with Crippen molar-refractivity contribution in [1.82, 2.24) is 4.90 Å². The predicted molar refractivity (Wildman–Crippen MR) is 78.6 cm³/mol. The zero-order chi connectivity index (χ0) is 13.2. The van der Waals surface area contributed by atoms with Crippen LogP contribution in [0, 0.1) is 17.8 Å². The summed E-state index contributed by atoms with van der Waals surface area (Å²) in [7, 11) is 0. The summed E-state index contributed by atoms with van der Waals surface area (Å²) in [6, 6.07) is 0. The van der Waals surface area contributed by atoms with Crippen molar-refractivity contribution in [2.75, 3.05) is 19.6 Å². The van der Waals surface area contributed by atoms with Gasteiger partial charge >= 0.3 is 0 Å². The second kappa shape index (κ2) is 5.92. The molecule has 2 fully saturated rings. The van der Waals surface area contributed by atoms with Crippen molar-refractivity contribution in [3.63, 3.8) is 0 Å². The molecule has 1 aliphatic heterocycles. The van der Waals surface area contributed by atoms with Crippen molar-refractivity contribution in [2.45, 2.75) is 64.8 Å². The van der Waals surface area contributed by atoms with E-state index in [2.05, 4.69) is 25.7 Å². The standard InChI is InChI=1S/C16H32N2/c1-4-15-6-5-8-16(12-17,9-7-15)18-10-13(2)14(3)11-18/h13-15H,4-12,17H2,1-3H3. The van der Waals surface area contributed by atoms with Crippen molar-refractivity contribution in [2.24, 2.45) is 23.5 Å². The average molecular weight is 252 g/mol. The Labute approximate surface area is 113 Å². The Bertz CT molecular complexity index is 256. The number of nitrogens with zero attached hydrogens (tertiary/aromatic N) is 1. The van der Waals surface area contributed by atoms with E-state index in [4.69, 9.17) is 5.73 Å². The highest BCUT2D eigenvalue weighted by atomic mass is 15.2. The molecule has 4 unspecified atom stereocenters. The maximum Gasteiger partial charge on any atom is 0.0332 e. The van der Waals surface area contributed by atoms with Crippen LogP contribution in [0.3, 0.4) is 0 Å². The van der Waals surface area contributed by atoms with Gasteiger partial charge in [-0.2, -0.15) is 0 Å². The molecule has 0 bridgehead atoms. The van der Waals surface area contributed by atoms with Crippen LogP contribution in [0.1, 0.15) is 59.3 Å². The van der Waals surface area contributed by atoms with E-state index in [1.165, 1.54) is 51.6 Å². The van der Waals surface area contributed by atoms with Crippen LogP contribution < -0.4 is 5.73 Å². The summed E-state index contributed by atoms with van der Waals surface area (Å²) in [4.78, 5) is 2.75. The first-order valence-corrected chi connectivity index (χ1v) is 8.06. The molecule has 2 heteroatoms. The minimum absolute atomic E-state index is 0.336. The van der Waals surface area contributed by atoms with E-state index in [0.29, 0.717) is 5.54 Å². The summed E-state index contributed by atoms with van der Waals surface area (Å²) in [6.07, 6.45) is 8.23. The Balaban J connectivity index is 2.06. The number of likely N-dealkylation sites (tertiary alicyclic amines) is 1. The van der Waals surface area contributed by atoms with E-state index in [1.54, 1.807) is 0 Å². The molecule has 0 aromatic rings. The molecule has 2 rings (SSSR count). The predicted octanol–water partition coefficient (Wildman–Crippen LogP) is 3.26. The lowest BCUT2D eigenvalue weighted by atomic mass is 9.87. The molecule has 0 aromatic heterocycles. The summed E-state index contributed by atoms with van der Waals surface area (Å²) in [5.41, 5.74) is 6.56. The van der Waals surface area contributed by atoms with Gasteiger partial charge in [-0.25, -0.2) is 0 Å². The van der Waals surface area contributed by atoms with E-state index in [9.17, 15) is 0 Å². The quantitative estimate of drug-likeness (QED) is 0.781. The van der Waals surface area contributed by atoms with Gasteiger partial charge in [-0.1, -0.05) is 40.0 Å². The van der Waals surface area contributed by atoms with Gasteiger partial charge < -0.3 is 5.73 Å². The lowest BCUT2D eigenvalue weighted by Crippen LogP contribution is -2.52. The number of rotatable bonds is 3. The molecule has 1 saturated carbocycles. The van der Waals surface area contributed by atoms with Gasteiger partial charge in [-0.05, 0) is 37.0 Å². The Morgan fingerprint density at radius 1 is 1.11 bits per heavy atom. The van der Waals surface area contributed by atoms with Crippen LogP contribution in [-0.4, -0.2) is 30.1 Å². The third-order valence-electron chi connectivity index (χ3n) is 5.89. The fourth-order valence-corrected chi connectivity index (χ4v) is 4.04. The smallest absolute Gasteiger partial charge is 0.0332 e. The van der Waals surface area contributed by atoms with Crippen LogP contribution in [0.2, 0.25) is 0 Å². The molecule has 2 aliphatic rings. The summed E-state index contributed by atoms with van der Waals surface area (Å²) in [6.45, 7) is 10.6. The second-order valence-corrected chi connectivity index (χ2v) is 6.99. The molecule has 0 spiro atoms. The zero-order valence-electron chi connectivity index (χ0n) is 12.6. The van der Waals surface area contributed by atoms with E-state index < -0.39 is 0 Å². The molecule has 2 nitrogen and oxygen atoms in total. The lowest BCUT2D eigenvalue weighted by Gasteiger charge is -2.41. The third-order valence-corrected chi connectivity index (χ3v) is 5.89.